The monoisotopic (exact) mass is 410 g/mol. The van der Waals surface area contributed by atoms with Gasteiger partial charge in [0.05, 0.1) is 0 Å². The SMILES string of the molecule is CCNC(=O)c1cccc(NC(=O)COc2ccc(C(C)(O)C(F)(F)F)cc2)c1. The summed E-state index contributed by atoms with van der Waals surface area (Å²) in [5.41, 5.74) is -2.54. The van der Waals surface area contributed by atoms with Crippen LogP contribution in [0.3, 0.4) is 0 Å². The molecule has 29 heavy (non-hydrogen) atoms. The summed E-state index contributed by atoms with van der Waals surface area (Å²) in [6.45, 7) is 2.53. The standard InChI is InChI=1S/C20H21F3N2O4/c1-3-24-18(27)13-5-4-6-15(11-13)25-17(26)12-29-16-9-7-14(8-10-16)19(2,28)20(21,22)23/h4-11,28H,3,12H2,1-2H3,(H,24,27)(H,25,26). The predicted molar refractivity (Wildman–Crippen MR) is 101 cm³/mol. The Labute approximate surface area is 165 Å². The molecule has 2 rings (SSSR count). The van der Waals surface area contributed by atoms with Crippen LogP contribution >= 0.6 is 0 Å². The predicted octanol–water partition coefficient (Wildman–Crippen LogP) is 3.22. The summed E-state index contributed by atoms with van der Waals surface area (Å²) >= 11 is 0. The summed E-state index contributed by atoms with van der Waals surface area (Å²) in [6.07, 6.45) is -4.82. The van der Waals surface area contributed by atoms with Crippen LogP contribution in [-0.4, -0.2) is 36.2 Å². The van der Waals surface area contributed by atoms with Crippen LogP contribution in [0.5, 0.6) is 5.75 Å². The zero-order chi connectivity index (χ0) is 21.7. The van der Waals surface area contributed by atoms with Gasteiger partial charge in [-0.05, 0) is 49.7 Å². The minimum atomic E-state index is -4.82. The minimum Gasteiger partial charge on any atom is -0.484 e. The van der Waals surface area contributed by atoms with Crippen LogP contribution < -0.4 is 15.4 Å². The van der Waals surface area contributed by atoms with Gasteiger partial charge in [0.2, 0.25) is 0 Å². The highest BCUT2D eigenvalue weighted by molar-refractivity contribution is 5.97. The second-order valence-electron chi connectivity index (χ2n) is 6.37. The van der Waals surface area contributed by atoms with Crippen molar-refractivity contribution in [3.8, 4) is 5.75 Å². The highest BCUT2D eigenvalue weighted by atomic mass is 19.4. The van der Waals surface area contributed by atoms with Gasteiger partial charge in [-0.15, -0.1) is 0 Å². The Morgan fingerprint density at radius 3 is 2.34 bits per heavy atom. The summed E-state index contributed by atoms with van der Waals surface area (Å²) in [7, 11) is 0. The molecule has 0 radical (unpaired) electrons. The van der Waals surface area contributed by atoms with Gasteiger partial charge in [0.15, 0.2) is 12.2 Å². The number of aliphatic hydroxyl groups is 1. The molecule has 0 aliphatic heterocycles. The zero-order valence-corrected chi connectivity index (χ0v) is 15.8. The summed E-state index contributed by atoms with van der Waals surface area (Å²) < 4.78 is 43.8. The highest BCUT2D eigenvalue weighted by Gasteiger charge is 2.51. The Morgan fingerprint density at radius 2 is 1.76 bits per heavy atom. The minimum absolute atomic E-state index is 0.165. The zero-order valence-electron chi connectivity index (χ0n) is 15.8. The lowest BCUT2D eigenvalue weighted by Gasteiger charge is -2.26. The second-order valence-corrected chi connectivity index (χ2v) is 6.37. The van der Waals surface area contributed by atoms with E-state index in [1.54, 1.807) is 25.1 Å². The van der Waals surface area contributed by atoms with Crippen LogP contribution in [0.25, 0.3) is 0 Å². The number of amides is 2. The number of hydrogen-bond donors (Lipinski definition) is 3. The molecule has 2 aromatic rings. The van der Waals surface area contributed by atoms with E-state index in [0.717, 1.165) is 12.1 Å². The Bertz CT molecular complexity index is 865. The molecule has 2 amide bonds. The summed E-state index contributed by atoms with van der Waals surface area (Å²) in [4.78, 5) is 23.8. The van der Waals surface area contributed by atoms with Gasteiger partial charge in [-0.1, -0.05) is 18.2 Å². The van der Waals surface area contributed by atoms with Gasteiger partial charge in [0.25, 0.3) is 11.8 Å². The fourth-order valence-electron chi connectivity index (χ4n) is 2.39. The molecule has 3 N–H and O–H groups in total. The van der Waals surface area contributed by atoms with Crippen molar-refractivity contribution in [2.24, 2.45) is 0 Å². The molecular weight excluding hydrogens is 389 g/mol. The van der Waals surface area contributed by atoms with E-state index in [1.807, 2.05) is 0 Å². The molecule has 0 saturated heterocycles. The van der Waals surface area contributed by atoms with Gasteiger partial charge >= 0.3 is 6.18 Å². The van der Waals surface area contributed by atoms with Gasteiger partial charge in [-0.2, -0.15) is 13.2 Å². The van der Waals surface area contributed by atoms with Gasteiger partial charge in [0, 0.05) is 17.8 Å². The van der Waals surface area contributed by atoms with Crippen molar-refractivity contribution >= 4 is 17.5 Å². The number of nitrogens with one attached hydrogen (secondary N) is 2. The van der Waals surface area contributed by atoms with Crippen LogP contribution in [0.1, 0.15) is 29.8 Å². The molecule has 9 heteroatoms. The largest absolute Gasteiger partial charge is 0.484 e. The summed E-state index contributed by atoms with van der Waals surface area (Å²) in [6, 6.07) is 11.0. The molecule has 0 heterocycles. The number of carbonyl (C=O) groups is 2. The number of alkyl halides is 3. The molecule has 0 aliphatic carbocycles. The third kappa shape index (κ3) is 5.71. The Hall–Kier alpha value is -3.07. The smallest absolute Gasteiger partial charge is 0.421 e. The van der Waals surface area contributed by atoms with E-state index in [2.05, 4.69) is 10.6 Å². The van der Waals surface area contributed by atoms with Crippen molar-refractivity contribution in [2.75, 3.05) is 18.5 Å². The number of anilines is 1. The van der Waals surface area contributed by atoms with Crippen molar-refractivity contribution in [3.05, 3.63) is 59.7 Å². The van der Waals surface area contributed by atoms with Crippen molar-refractivity contribution in [3.63, 3.8) is 0 Å². The number of rotatable bonds is 7. The molecular formula is C20H21F3N2O4. The number of carbonyl (C=O) groups excluding carboxylic acids is 2. The molecule has 0 spiro atoms. The molecule has 0 fully saturated rings. The van der Waals surface area contributed by atoms with Gasteiger partial charge in [-0.25, -0.2) is 0 Å². The lowest BCUT2D eigenvalue weighted by atomic mass is 9.95. The topological polar surface area (TPSA) is 87.7 Å². The van der Waals surface area contributed by atoms with Crippen LogP contribution in [-0.2, 0) is 10.4 Å². The molecule has 0 aliphatic rings. The summed E-state index contributed by atoms with van der Waals surface area (Å²) in [5.74, 6) is -0.614. The highest BCUT2D eigenvalue weighted by Crippen LogP contribution is 2.38. The van der Waals surface area contributed by atoms with Crippen molar-refractivity contribution in [1.82, 2.24) is 5.32 Å². The third-order valence-corrected chi connectivity index (χ3v) is 4.08. The molecule has 156 valence electrons. The molecule has 2 aromatic carbocycles. The van der Waals surface area contributed by atoms with E-state index in [-0.39, 0.29) is 23.8 Å². The maximum atomic E-state index is 12.8. The third-order valence-electron chi connectivity index (χ3n) is 4.08. The first kappa shape index (κ1) is 22.2. The normalized spacial score (nSPS) is 13.3. The molecule has 1 atom stereocenters. The Kier molecular flexibility index (Phi) is 6.86. The molecule has 1 unspecified atom stereocenters. The van der Waals surface area contributed by atoms with E-state index in [4.69, 9.17) is 4.74 Å². The maximum Gasteiger partial charge on any atom is 0.421 e. The Morgan fingerprint density at radius 1 is 1.10 bits per heavy atom. The summed E-state index contributed by atoms with van der Waals surface area (Å²) in [5, 5.41) is 14.9. The lowest BCUT2D eigenvalue weighted by Crippen LogP contribution is -2.39. The molecule has 0 saturated carbocycles. The van der Waals surface area contributed by atoms with Crippen LogP contribution in [0, 0.1) is 0 Å². The van der Waals surface area contributed by atoms with Crippen molar-refractivity contribution in [2.45, 2.75) is 25.6 Å². The van der Waals surface area contributed by atoms with E-state index in [0.29, 0.717) is 24.7 Å². The first-order chi connectivity index (χ1) is 13.5. The molecule has 0 aromatic heterocycles. The van der Waals surface area contributed by atoms with E-state index >= 15 is 0 Å². The first-order valence-electron chi connectivity index (χ1n) is 8.75. The van der Waals surface area contributed by atoms with Crippen LogP contribution in [0.15, 0.2) is 48.5 Å². The number of benzene rings is 2. The van der Waals surface area contributed by atoms with Gasteiger partial charge < -0.3 is 20.5 Å². The van der Waals surface area contributed by atoms with E-state index in [9.17, 15) is 27.9 Å². The number of hydrogen-bond acceptors (Lipinski definition) is 4. The second kappa shape index (κ2) is 8.95. The van der Waals surface area contributed by atoms with E-state index in [1.165, 1.54) is 18.2 Å². The fourth-order valence-corrected chi connectivity index (χ4v) is 2.39. The van der Waals surface area contributed by atoms with Crippen molar-refractivity contribution < 1.29 is 32.6 Å². The number of ether oxygens (including phenoxy) is 1. The molecule has 6 nitrogen and oxygen atoms in total. The first-order valence-corrected chi connectivity index (χ1v) is 8.75. The lowest BCUT2D eigenvalue weighted by molar-refractivity contribution is -0.258. The van der Waals surface area contributed by atoms with Gasteiger partial charge in [-0.3, -0.25) is 9.59 Å². The van der Waals surface area contributed by atoms with Crippen molar-refractivity contribution in [1.29, 1.82) is 0 Å². The maximum absolute atomic E-state index is 12.8. The van der Waals surface area contributed by atoms with Crippen LogP contribution in [0.2, 0.25) is 0 Å². The number of halogens is 3. The quantitative estimate of drug-likeness (QED) is 0.654. The molecule has 0 bridgehead atoms. The average Bonchev–Trinajstić information content (AvgIpc) is 2.66. The van der Waals surface area contributed by atoms with E-state index < -0.39 is 17.7 Å². The fraction of sp³-hybridized carbons (Fsp3) is 0.300. The average molecular weight is 410 g/mol. The van der Waals surface area contributed by atoms with Crippen LogP contribution in [0.4, 0.5) is 18.9 Å². The van der Waals surface area contributed by atoms with Gasteiger partial charge in [0.1, 0.15) is 5.75 Å². The Balaban J connectivity index is 1.95.